The normalized spacial score (nSPS) is 22.6. The van der Waals surface area contributed by atoms with E-state index in [9.17, 15) is 4.79 Å². The Labute approximate surface area is 117 Å². The van der Waals surface area contributed by atoms with E-state index in [0.717, 1.165) is 0 Å². The Morgan fingerprint density at radius 3 is 2.37 bits per heavy atom. The van der Waals surface area contributed by atoms with E-state index in [1.54, 1.807) is 6.92 Å². The van der Waals surface area contributed by atoms with Crippen LogP contribution >= 0.6 is 0 Å². The van der Waals surface area contributed by atoms with Crippen molar-refractivity contribution in [2.45, 2.75) is 76.4 Å². The maximum atomic E-state index is 11.7. The molecular weight excluding hydrogens is 240 g/mol. The summed E-state index contributed by atoms with van der Waals surface area (Å²) in [5.74, 6) is -0.325. The Hall–Kier alpha value is -0.610. The molecule has 0 aliphatic heterocycles. The number of rotatable bonds is 5. The molecule has 19 heavy (non-hydrogen) atoms. The van der Waals surface area contributed by atoms with Crippen molar-refractivity contribution < 1.29 is 9.53 Å². The molecule has 1 aliphatic carbocycles. The van der Waals surface area contributed by atoms with Crippen LogP contribution in [-0.4, -0.2) is 42.6 Å². The highest BCUT2D eigenvalue weighted by molar-refractivity contribution is 5.79. The van der Waals surface area contributed by atoms with Crippen LogP contribution in [0.4, 0.5) is 0 Å². The number of nitrogens with zero attached hydrogens (tertiary/aromatic N) is 1. The predicted octanol–water partition coefficient (Wildman–Crippen LogP) is 2.31. The van der Waals surface area contributed by atoms with E-state index in [2.05, 4.69) is 18.9 Å². The van der Waals surface area contributed by atoms with E-state index in [1.165, 1.54) is 45.6 Å². The van der Waals surface area contributed by atoms with E-state index in [0.29, 0.717) is 12.5 Å². The van der Waals surface area contributed by atoms with Crippen LogP contribution in [0.3, 0.4) is 0 Å². The number of methoxy groups -OCH3 is 1. The van der Waals surface area contributed by atoms with Crippen LogP contribution in [0.5, 0.6) is 0 Å². The van der Waals surface area contributed by atoms with E-state index in [1.807, 2.05) is 0 Å². The van der Waals surface area contributed by atoms with Crippen molar-refractivity contribution in [3.63, 3.8) is 0 Å². The Balaban J connectivity index is 2.55. The molecule has 1 rings (SSSR count). The van der Waals surface area contributed by atoms with Crippen molar-refractivity contribution in [3.05, 3.63) is 0 Å². The monoisotopic (exact) mass is 270 g/mol. The molecular formula is C15H30N2O2. The van der Waals surface area contributed by atoms with Gasteiger partial charge in [0.15, 0.2) is 0 Å². The lowest BCUT2D eigenvalue weighted by Gasteiger charge is -2.36. The highest BCUT2D eigenvalue weighted by Gasteiger charge is 2.33. The van der Waals surface area contributed by atoms with Crippen LogP contribution in [0.2, 0.25) is 0 Å². The van der Waals surface area contributed by atoms with Crippen LogP contribution in [0.1, 0.15) is 58.8 Å². The van der Waals surface area contributed by atoms with Gasteiger partial charge >= 0.3 is 5.97 Å². The molecule has 0 amide bonds. The zero-order valence-electron chi connectivity index (χ0n) is 12.9. The molecule has 112 valence electrons. The Morgan fingerprint density at radius 2 is 1.89 bits per heavy atom. The van der Waals surface area contributed by atoms with E-state index in [-0.39, 0.29) is 12.0 Å². The number of carbonyl (C=O) groups excluding carboxylic acids is 1. The topological polar surface area (TPSA) is 55.6 Å². The number of nitrogens with two attached hydrogens (primary N) is 1. The molecule has 1 saturated carbocycles. The Kier molecular flexibility index (Phi) is 6.27. The van der Waals surface area contributed by atoms with Gasteiger partial charge in [-0.2, -0.15) is 0 Å². The predicted molar refractivity (Wildman–Crippen MR) is 77.9 cm³/mol. The summed E-state index contributed by atoms with van der Waals surface area (Å²) in [7, 11) is 3.56. The minimum absolute atomic E-state index is 0.289. The summed E-state index contributed by atoms with van der Waals surface area (Å²) < 4.78 is 4.78. The second-order valence-electron chi connectivity index (χ2n) is 6.27. The zero-order chi connectivity index (χ0) is 14.5. The molecule has 0 radical (unpaired) electrons. The van der Waals surface area contributed by atoms with Gasteiger partial charge in [-0.15, -0.1) is 0 Å². The maximum Gasteiger partial charge on any atom is 0.325 e. The summed E-state index contributed by atoms with van der Waals surface area (Å²) in [5, 5.41) is 0. The summed E-state index contributed by atoms with van der Waals surface area (Å²) >= 11 is 0. The van der Waals surface area contributed by atoms with Gasteiger partial charge in [-0.25, -0.2) is 0 Å². The average Bonchev–Trinajstić information content (AvgIpc) is 2.64. The van der Waals surface area contributed by atoms with Gasteiger partial charge in [-0.1, -0.05) is 25.7 Å². The molecule has 1 fully saturated rings. The molecule has 0 aromatic carbocycles. The van der Waals surface area contributed by atoms with Crippen molar-refractivity contribution >= 4 is 5.97 Å². The van der Waals surface area contributed by atoms with Crippen molar-refractivity contribution in [1.29, 1.82) is 0 Å². The van der Waals surface area contributed by atoms with Gasteiger partial charge in [0.1, 0.15) is 5.54 Å². The molecule has 0 heterocycles. The molecule has 4 heteroatoms. The molecule has 2 atom stereocenters. The lowest BCUT2D eigenvalue weighted by Crippen LogP contribution is -2.51. The largest absolute Gasteiger partial charge is 0.468 e. The van der Waals surface area contributed by atoms with Crippen molar-refractivity contribution in [1.82, 2.24) is 4.90 Å². The quantitative estimate of drug-likeness (QED) is 0.615. The number of ether oxygens (including phenoxy) is 1. The van der Waals surface area contributed by atoms with Crippen molar-refractivity contribution in [2.75, 3.05) is 14.2 Å². The molecule has 4 nitrogen and oxygen atoms in total. The first-order valence-electron chi connectivity index (χ1n) is 7.47. The summed E-state index contributed by atoms with van der Waals surface area (Å²) in [6.45, 7) is 3.91. The van der Waals surface area contributed by atoms with E-state index >= 15 is 0 Å². The third kappa shape index (κ3) is 4.77. The maximum absolute atomic E-state index is 11.7. The van der Waals surface area contributed by atoms with E-state index in [4.69, 9.17) is 10.5 Å². The fourth-order valence-corrected chi connectivity index (χ4v) is 3.10. The first kappa shape index (κ1) is 16.4. The smallest absolute Gasteiger partial charge is 0.325 e. The molecule has 2 unspecified atom stereocenters. The number of hydrogen-bond donors (Lipinski definition) is 1. The second-order valence-corrected chi connectivity index (χ2v) is 6.27. The van der Waals surface area contributed by atoms with E-state index < -0.39 is 5.54 Å². The van der Waals surface area contributed by atoms with Gasteiger partial charge in [0.05, 0.1) is 7.11 Å². The van der Waals surface area contributed by atoms with Crippen LogP contribution < -0.4 is 5.73 Å². The number of esters is 1. The third-order valence-electron chi connectivity index (χ3n) is 4.47. The van der Waals surface area contributed by atoms with Gasteiger partial charge in [0, 0.05) is 12.1 Å². The third-order valence-corrected chi connectivity index (χ3v) is 4.47. The Bertz CT molecular complexity index is 284. The van der Waals surface area contributed by atoms with Crippen LogP contribution in [0.15, 0.2) is 0 Å². The first-order chi connectivity index (χ1) is 8.88. The Morgan fingerprint density at radius 1 is 1.37 bits per heavy atom. The van der Waals surface area contributed by atoms with Crippen LogP contribution in [0, 0.1) is 0 Å². The standard InChI is InChI=1S/C15H30N2O2/c1-12(11-15(2,16)14(18)19-4)17(3)13-9-7-5-6-8-10-13/h12-13H,5-11,16H2,1-4H3. The molecule has 0 saturated heterocycles. The van der Waals surface area contributed by atoms with Gasteiger partial charge in [0.25, 0.3) is 0 Å². The zero-order valence-corrected chi connectivity index (χ0v) is 12.9. The lowest BCUT2D eigenvalue weighted by atomic mass is 9.93. The van der Waals surface area contributed by atoms with Gasteiger partial charge in [-0.05, 0) is 40.2 Å². The number of hydrogen-bond acceptors (Lipinski definition) is 4. The SMILES string of the molecule is COC(=O)C(C)(N)CC(C)N(C)C1CCCCCC1. The molecule has 0 spiro atoms. The minimum Gasteiger partial charge on any atom is -0.468 e. The highest BCUT2D eigenvalue weighted by atomic mass is 16.5. The summed E-state index contributed by atoms with van der Waals surface area (Å²) in [5.41, 5.74) is 5.17. The molecule has 2 N–H and O–H groups in total. The molecule has 0 aromatic rings. The lowest BCUT2D eigenvalue weighted by molar-refractivity contribution is -0.147. The molecule has 0 bridgehead atoms. The van der Waals surface area contributed by atoms with Crippen molar-refractivity contribution in [2.24, 2.45) is 5.73 Å². The molecule has 1 aliphatic rings. The molecule has 0 aromatic heterocycles. The van der Waals surface area contributed by atoms with Crippen LogP contribution in [-0.2, 0) is 9.53 Å². The first-order valence-corrected chi connectivity index (χ1v) is 7.47. The fraction of sp³-hybridized carbons (Fsp3) is 0.933. The van der Waals surface area contributed by atoms with Gasteiger partial charge in [0.2, 0.25) is 0 Å². The summed E-state index contributed by atoms with van der Waals surface area (Å²) in [6, 6.07) is 0.920. The highest BCUT2D eigenvalue weighted by Crippen LogP contribution is 2.24. The fourth-order valence-electron chi connectivity index (χ4n) is 3.10. The second kappa shape index (κ2) is 7.25. The number of carbonyl (C=O) groups is 1. The van der Waals surface area contributed by atoms with Crippen molar-refractivity contribution in [3.8, 4) is 0 Å². The summed E-state index contributed by atoms with van der Waals surface area (Å²) in [4.78, 5) is 14.1. The van der Waals surface area contributed by atoms with Crippen LogP contribution in [0.25, 0.3) is 0 Å². The van der Waals surface area contributed by atoms with Gasteiger partial charge in [-0.3, -0.25) is 4.79 Å². The van der Waals surface area contributed by atoms with Gasteiger partial charge < -0.3 is 15.4 Å². The summed E-state index contributed by atoms with van der Waals surface area (Å²) in [6.07, 6.45) is 8.51. The minimum atomic E-state index is -0.896. The average molecular weight is 270 g/mol.